The molecule has 0 atom stereocenters. The Bertz CT molecular complexity index is 655. The molecular formula is C18H18N2OS. The minimum atomic E-state index is 0.0321. The van der Waals surface area contributed by atoms with Crippen LogP contribution in [-0.4, -0.2) is 28.3 Å². The Morgan fingerprint density at radius 2 is 1.64 bits per heavy atom. The van der Waals surface area contributed by atoms with Crippen molar-refractivity contribution in [3.63, 3.8) is 0 Å². The summed E-state index contributed by atoms with van der Waals surface area (Å²) < 4.78 is 0. The van der Waals surface area contributed by atoms with Crippen LogP contribution in [0.2, 0.25) is 0 Å². The molecule has 0 N–H and O–H groups in total. The van der Waals surface area contributed by atoms with E-state index in [1.807, 2.05) is 65.6 Å². The number of aliphatic imine (C=N–C) groups is 1. The second-order valence-corrected chi connectivity index (χ2v) is 6.17. The highest BCUT2D eigenvalue weighted by Crippen LogP contribution is 2.23. The van der Waals surface area contributed by atoms with Gasteiger partial charge in [0.05, 0.1) is 5.69 Å². The fourth-order valence-electron chi connectivity index (χ4n) is 2.34. The predicted molar refractivity (Wildman–Crippen MR) is 92.7 cm³/mol. The summed E-state index contributed by atoms with van der Waals surface area (Å²) in [5, 5.41) is 0.803. The number of hydrogen-bond acceptors (Lipinski definition) is 3. The van der Waals surface area contributed by atoms with Gasteiger partial charge in [-0.3, -0.25) is 9.69 Å². The molecule has 22 heavy (non-hydrogen) atoms. The molecule has 4 heteroatoms. The first-order valence-electron chi connectivity index (χ1n) is 7.48. The smallest absolute Gasteiger partial charge is 0.259 e. The van der Waals surface area contributed by atoms with Gasteiger partial charge in [-0.1, -0.05) is 48.2 Å². The van der Waals surface area contributed by atoms with Crippen molar-refractivity contribution in [1.29, 1.82) is 0 Å². The summed E-state index contributed by atoms with van der Waals surface area (Å²) in [6.45, 7) is 0.729. The van der Waals surface area contributed by atoms with E-state index in [2.05, 4.69) is 0 Å². The summed E-state index contributed by atoms with van der Waals surface area (Å²) in [7, 11) is 0. The molecule has 1 heterocycles. The molecule has 2 aromatic rings. The zero-order valence-electron chi connectivity index (χ0n) is 12.3. The van der Waals surface area contributed by atoms with Gasteiger partial charge in [0.25, 0.3) is 5.91 Å². The summed E-state index contributed by atoms with van der Waals surface area (Å²) in [5.74, 6) is 1.04. The van der Waals surface area contributed by atoms with Gasteiger partial charge in [0.2, 0.25) is 0 Å². The monoisotopic (exact) mass is 310 g/mol. The first-order valence-corrected chi connectivity index (χ1v) is 8.46. The van der Waals surface area contributed by atoms with E-state index in [-0.39, 0.29) is 5.91 Å². The van der Waals surface area contributed by atoms with Crippen LogP contribution < -0.4 is 0 Å². The topological polar surface area (TPSA) is 32.7 Å². The van der Waals surface area contributed by atoms with E-state index in [0.717, 1.165) is 36.0 Å². The van der Waals surface area contributed by atoms with Crippen molar-refractivity contribution in [3.8, 4) is 0 Å². The van der Waals surface area contributed by atoms with Crippen LogP contribution in [0.1, 0.15) is 23.2 Å². The Morgan fingerprint density at radius 3 is 2.36 bits per heavy atom. The average molecular weight is 310 g/mol. The van der Waals surface area contributed by atoms with Gasteiger partial charge in [-0.25, -0.2) is 4.99 Å². The third-order valence-electron chi connectivity index (χ3n) is 3.48. The van der Waals surface area contributed by atoms with Crippen LogP contribution >= 0.6 is 11.8 Å². The molecular weight excluding hydrogens is 292 g/mol. The minimum absolute atomic E-state index is 0.0321. The zero-order chi connectivity index (χ0) is 15.2. The van der Waals surface area contributed by atoms with Gasteiger partial charge in [-0.2, -0.15) is 0 Å². The Labute approximate surface area is 135 Å². The van der Waals surface area contributed by atoms with E-state index in [4.69, 9.17) is 4.99 Å². The number of hydrogen-bond donors (Lipinski definition) is 0. The van der Waals surface area contributed by atoms with E-state index >= 15 is 0 Å². The molecule has 0 aliphatic carbocycles. The lowest BCUT2D eigenvalue weighted by Crippen LogP contribution is -2.35. The van der Waals surface area contributed by atoms with Crippen molar-refractivity contribution >= 4 is 28.5 Å². The molecule has 1 saturated heterocycles. The van der Waals surface area contributed by atoms with Crippen LogP contribution in [0.25, 0.3) is 0 Å². The highest BCUT2D eigenvalue weighted by molar-refractivity contribution is 8.13. The van der Waals surface area contributed by atoms with Crippen molar-refractivity contribution in [2.45, 2.75) is 12.8 Å². The zero-order valence-corrected chi connectivity index (χ0v) is 13.1. The van der Waals surface area contributed by atoms with Crippen molar-refractivity contribution in [2.75, 3.05) is 12.3 Å². The van der Waals surface area contributed by atoms with E-state index in [9.17, 15) is 4.79 Å². The van der Waals surface area contributed by atoms with E-state index in [1.54, 1.807) is 11.8 Å². The van der Waals surface area contributed by atoms with Crippen LogP contribution in [0.15, 0.2) is 65.7 Å². The Balaban J connectivity index is 1.91. The van der Waals surface area contributed by atoms with Crippen LogP contribution in [0.4, 0.5) is 5.69 Å². The fourth-order valence-corrected chi connectivity index (χ4v) is 3.37. The van der Waals surface area contributed by atoms with Crippen molar-refractivity contribution in [2.24, 2.45) is 4.99 Å². The number of rotatable bonds is 2. The van der Waals surface area contributed by atoms with Gasteiger partial charge >= 0.3 is 0 Å². The minimum Gasteiger partial charge on any atom is -0.287 e. The van der Waals surface area contributed by atoms with Gasteiger partial charge < -0.3 is 0 Å². The van der Waals surface area contributed by atoms with Crippen molar-refractivity contribution < 1.29 is 4.79 Å². The highest BCUT2D eigenvalue weighted by atomic mass is 32.2. The molecule has 1 fully saturated rings. The molecule has 0 saturated carbocycles. The lowest BCUT2D eigenvalue weighted by molar-refractivity contribution is 0.0850. The van der Waals surface area contributed by atoms with E-state index in [1.165, 1.54) is 0 Å². The number of carbonyl (C=O) groups is 1. The highest BCUT2D eigenvalue weighted by Gasteiger charge is 2.23. The Hall–Kier alpha value is -2.07. The maximum atomic E-state index is 12.8. The second-order valence-electron chi connectivity index (χ2n) is 5.11. The third kappa shape index (κ3) is 3.57. The largest absolute Gasteiger partial charge is 0.287 e. The van der Waals surface area contributed by atoms with Crippen LogP contribution in [-0.2, 0) is 0 Å². The molecule has 3 rings (SSSR count). The summed E-state index contributed by atoms with van der Waals surface area (Å²) >= 11 is 1.67. The fraction of sp³-hybridized carbons (Fsp3) is 0.222. The molecule has 0 bridgehead atoms. The van der Waals surface area contributed by atoms with Gasteiger partial charge in [-0.05, 0) is 37.1 Å². The number of para-hydroxylation sites is 1. The molecule has 0 aromatic heterocycles. The molecule has 2 aromatic carbocycles. The van der Waals surface area contributed by atoms with Gasteiger partial charge in [-0.15, -0.1) is 0 Å². The van der Waals surface area contributed by atoms with Gasteiger partial charge in [0.15, 0.2) is 5.17 Å². The number of amidine groups is 1. The van der Waals surface area contributed by atoms with Gasteiger partial charge in [0.1, 0.15) is 0 Å². The van der Waals surface area contributed by atoms with E-state index in [0.29, 0.717) is 5.56 Å². The number of amides is 1. The second kappa shape index (κ2) is 7.27. The lowest BCUT2D eigenvalue weighted by Gasteiger charge is -2.21. The van der Waals surface area contributed by atoms with Crippen LogP contribution in [0.5, 0.6) is 0 Å². The molecule has 1 amide bonds. The number of benzene rings is 2. The van der Waals surface area contributed by atoms with Crippen LogP contribution in [0, 0.1) is 0 Å². The SMILES string of the molecule is O=C(c1ccccc1)N1CCCCSC1=Nc1ccccc1. The third-order valence-corrected chi connectivity index (χ3v) is 4.55. The number of nitrogens with zero attached hydrogens (tertiary/aromatic N) is 2. The normalized spacial score (nSPS) is 17.3. The molecule has 0 unspecified atom stereocenters. The van der Waals surface area contributed by atoms with Crippen molar-refractivity contribution in [3.05, 3.63) is 66.2 Å². The average Bonchev–Trinajstić information content (AvgIpc) is 2.81. The quantitative estimate of drug-likeness (QED) is 0.826. The Morgan fingerprint density at radius 1 is 0.955 bits per heavy atom. The van der Waals surface area contributed by atoms with Gasteiger partial charge in [0, 0.05) is 17.9 Å². The standard InChI is InChI=1S/C18H18N2OS/c21-17(15-9-3-1-4-10-15)20-13-7-8-14-22-18(20)19-16-11-5-2-6-12-16/h1-6,9-12H,7-8,13-14H2. The lowest BCUT2D eigenvalue weighted by atomic mass is 10.2. The summed E-state index contributed by atoms with van der Waals surface area (Å²) in [4.78, 5) is 19.3. The van der Waals surface area contributed by atoms with Crippen molar-refractivity contribution in [1.82, 2.24) is 4.90 Å². The Kier molecular flexibility index (Phi) is 4.91. The van der Waals surface area contributed by atoms with E-state index < -0.39 is 0 Å². The molecule has 112 valence electrons. The first-order chi connectivity index (χ1) is 10.8. The summed E-state index contributed by atoms with van der Waals surface area (Å²) in [6.07, 6.45) is 2.12. The molecule has 1 aliphatic rings. The molecule has 0 spiro atoms. The maximum absolute atomic E-state index is 12.8. The van der Waals surface area contributed by atoms with Crippen LogP contribution in [0.3, 0.4) is 0 Å². The summed E-state index contributed by atoms with van der Waals surface area (Å²) in [6, 6.07) is 19.2. The summed E-state index contributed by atoms with van der Waals surface area (Å²) in [5.41, 5.74) is 1.60. The molecule has 1 aliphatic heterocycles. The predicted octanol–water partition coefficient (Wildman–Crippen LogP) is 4.34. The number of thioether (sulfide) groups is 1. The maximum Gasteiger partial charge on any atom is 0.259 e. The first kappa shape index (κ1) is 14.9. The molecule has 0 radical (unpaired) electrons. The number of carbonyl (C=O) groups excluding carboxylic acids is 1. The molecule has 3 nitrogen and oxygen atoms in total.